The van der Waals surface area contributed by atoms with Crippen molar-refractivity contribution in [3.63, 3.8) is 0 Å². The van der Waals surface area contributed by atoms with Crippen LogP contribution in [0.25, 0.3) is 10.9 Å². The summed E-state index contributed by atoms with van der Waals surface area (Å²) in [5.41, 5.74) is 2.04. The van der Waals surface area contributed by atoms with Crippen LogP contribution in [0.3, 0.4) is 0 Å². The van der Waals surface area contributed by atoms with Crippen LogP contribution in [0.2, 0.25) is 0 Å². The van der Waals surface area contributed by atoms with Gasteiger partial charge in [-0.1, -0.05) is 19.1 Å². The van der Waals surface area contributed by atoms with Crippen molar-refractivity contribution >= 4 is 16.9 Å². The molecule has 1 aromatic carbocycles. The Morgan fingerprint density at radius 3 is 3.00 bits per heavy atom. The normalized spacial score (nSPS) is 10.3. The predicted molar refractivity (Wildman–Crippen MR) is 72.3 cm³/mol. The van der Waals surface area contributed by atoms with Crippen LogP contribution in [0.15, 0.2) is 36.5 Å². The van der Waals surface area contributed by atoms with E-state index in [2.05, 4.69) is 15.6 Å². The molecule has 0 aliphatic heterocycles. The Balaban J connectivity index is 1.97. The number of hydrogen-bond acceptors (Lipinski definition) is 2. The molecule has 0 aliphatic carbocycles. The smallest absolute Gasteiger partial charge is 0.315 e. The Labute approximate surface area is 106 Å². The first kappa shape index (κ1) is 12.4. The zero-order chi connectivity index (χ0) is 12.8. The molecule has 0 unspecified atom stereocenters. The van der Waals surface area contributed by atoms with Crippen molar-refractivity contribution < 1.29 is 4.79 Å². The van der Waals surface area contributed by atoms with E-state index in [4.69, 9.17) is 0 Å². The molecule has 0 saturated heterocycles. The minimum Gasteiger partial charge on any atom is -0.338 e. The Hall–Kier alpha value is -2.10. The monoisotopic (exact) mass is 243 g/mol. The Morgan fingerprint density at radius 2 is 2.17 bits per heavy atom. The third-order valence-electron chi connectivity index (χ3n) is 2.66. The number of benzene rings is 1. The molecule has 1 heterocycles. The van der Waals surface area contributed by atoms with Gasteiger partial charge in [-0.3, -0.25) is 4.98 Å². The van der Waals surface area contributed by atoms with Crippen molar-refractivity contribution in [2.45, 2.75) is 19.9 Å². The summed E-state index contributed by atoms with van der Waals surface area (Å²) in [6.45, 7) is 3.25. The average Bonchev–Trinajstić information content (AvgIpc) is 2.42. The number of carbonyl (C=O) groups is 1. The van der Waals surface area contributed by atoms with Crippen LogP contribution in [0.4, 0.5) is 4.79 Å². The molecule has 18 heavy (non-hydrogen) atoms. The summed E-state index contributed by atoms with van der Waals surface area (Å²) in [6, 6.07) is 9.80. The Morgan fingerprint density at radius 1 is 1.28 bits per heavy atom. The molecule has 0 bridgehead atoms. The molecular weight excluding hydrogens is 226 g/mol. The van der Waals surface area contributed by atoms with Crippen molar-refractivity contribution in [2.75, 3.05) is 6.54 Å². The molecule has 94 valence electrons. The second kappa shape index (κ2) is 6.00. The zero-order valence-corrected chi connectivity index (χ0v) is 10.4. The van der Waals surface area contributed by atoms with Gasteiger partial charge in [-0.25, -0.2) is 4.79 Å². The molecule has 0 atom stereocenters. The standard InChI is InChI=1S/C14H17N3O/c1-2-7-16-14(18)17-10-11-5-6-13-12(9-11)4-3-8-15-13/h3-6,8-9H,2,7,10H2,1H3,(H2,16,17,18). The van der Waals surface area contributed by atoms with E-state index in [1.807, 2.05) is 37.3 Å². The first-order valence-electron chi connectivity index (χ1n) is 6.15. The minimum absolute atomic E-state index is 0.122. The SMILES string of the molecule is CCCNC(=O)NCc1ccc2ncccc2c1. The lowest BCUT2D eigenvalue weighted by Gasteiger charge is -2.07. The molecule has 4 nitrogen and oxygen atoms in total. The lowest BCUT2D eigenvalue weighted by molar-refractivity contribution is 0.240. The lowest BCUT2D eigenvalue weighted by Crippen LogP contribution is -2.35. The Kier molecular flexibility index (Phi) is 4.12. The van der Waals surface area contributed by atoms with E-state index in [1.165, 1.54) is 0 Å². The maximum absolute atomic E-state index is 11.4. The third-order valence-corrected chi connectivity index (χ3v) is 2.66. The van der Waals surface area contributed by atoms with E-state index in [0.717, 1.165) is 22.9 Å². The van der Waals surface area contributed by atoms with Crippen molar-refractivity contribution in [3.05, 3.63) is 42.1 Å². The molecule has 0 aliphatic rings. The summed E-state index contributed by atoms with van der Waals surface area (Å²) in [4.78, 5) is 15.7. The van der Waals surface area contributed by atoms with Gasteiger partial charge in [0.05, 0.1) is 5.52 Å². The molecule has 2 amide bonds. The first-order valence-corrected chi connectivity index (χ1v) is 6.15. The largest absolute Gasteiger partial charge is 0.338 e. The van der Waals surface area contributed by atoms with Crippen LogP contribution in [0.1, 0.15) is 18.9 Å². The van der Waals surface area contributed by atoms with Gasteiger partial charge in [0.1, 0.15) is 0 Å². The molecule has 4 heteroatoms. The molecular formula is C14H17N3O. The second-order valence-corrected chi connectivity index (χ2v) is 4.14. The summed E-state index contributed by atoms with van der Waals surface area (Å²) in [5.74, 6) is 0. The van der Waals surface area contributed by atoms with Crippen LogP contribution in [0.5, 0.6) is 0 Å². The molecule has 2 aromatic rings. The van der Waals surface area contributed by atoms with E-state index < -0.39 is 0 Å². The highest BCUT2D eigenvalue weighted by molar-refractivity contribution is 5.79. The topological polar surface area (TPSA) is 54.0 Å². The van der Waals surface area contributed by atoms with Gasteiger partial charge in [0.2, 0.25) is 0 Å². The molecule has 0 fully saturated rings. The summed E-state index contributed by atoms with van der Waals surface area (Å²) >= 11 is 0. The van der Waals surface area contributed by atoms with E-state index in [1.54, 1.807) is 6.20 Å². The van der Waals surface area contributed by atoms with Crippen LogP contribution in [0, 0.1) is 0 Å². The second-order valence-electron chi connectivity index (χ2n) is 4.14. The van der Waals surface area contributed by atoms with E-state index in [9.17, 15) is 4.79 Å². The summed E-state index contributed by atoms with van der Waals surface area (Å²) in [5, 5.41) is 6.69. The van der Waals surface area contributed by atoms with Gasteiger partial charge in [0.15, 0.2) is 0 Å². The summed E-state index contributed by atoms with van der Waals surface area (Å²) in [7, 11) is 0. The van der Waals surface area contributed by atoms with Crippen LogP contribution < -0.4 is 10.6 Å². The van der Waals surface area contributed by atoms with Gasteiger partial charge in [-0.15, -0.1) is 0 Å². The highest BCUT2D eigenvalue weighted by Gasteiger charge is 2.00. The summed E-state index contributed by atoms with van der Waals surface area (Å²) < 4.78 is 0. The van der Waals surface area contributed by atoms with Crippen LogP contribution in [-0.2, 0) is 6.54 Å². The number of amides is 2. The fourth-order valence-corrected chi connectivity index (χ4v) is 1.72. The van der Waals surface area contributed by atoms with Gasteiger partial charge < -0.3 is 10.6 Å². The van der Waals surface area contributed by atoms with Crippen molar-refractivity contribution in [1.29, 1.82) is 0 Å². The highest BCUT2D eigenvalue weighted by atomic mass is 16.2. The van der Waals surface area contributed by atoms with E-state index >= 15 is 0 Å². The van der Waals surface area contributed by atoms with Gasteiger partial charge >= 0.3 is 6.03 Å². The maximum atomic E-state index is 11.4. The minimum atomic E-state index is -0.122. The Bertz CT molecular complexity index is 539. The van der Waals surface area contributed by atoms with Crippen LogP contribution >= 0.6 is 0 Å². The van der Waals surface area contributed by atoms with Crippen molar-refractivity contribution in [2.24, 2.45) is 0 Å². The number of nitrogens with one attached hydrogen (secondary N) is 2. The van der Waals surface area contributed by atoms with Gasteiger partial charge in [-0.2, -0.15) is 0 Å². The first-order chi connectivity index (χ1) is 8.79. The fraction of sp³-hybridized carbons (Fsp3) is 0.286. The number of aromatic nitrogens is 1. The fourth-order valence-electron chi connectivity index (χ4n) is 1.72. The number of pyridine rings is 1. The van der Waals surface area contributed by atoms with Crippen molar-refractivity contribution in [3.8, 4) is 0 Å². The molecule has 2 rings (SSSR count). The number of rotatable bonds is 4. The molecule has 0 radical (unpaired) electrons. The van der Waals surface area contributed by atoms with Gasteiger partial charge in [0.25, 0.3) is 0 Å². The van der Waals surface area contributed by atoms with Gasteiger partial charge in [-0.05, 0) is 30.2 Å². The van der Waals surface area contributed by atoms with E-state index in [-0.39, 0.29) is 6.03 Å². The predicted octanol–water partition coefficient (Wildman–Crippen LogP) is 2.44. The van der Waals surface area contributed by atoms with Crippen LogP contribution in [-0.4, -0.2) is 17.6 Å². The zero-order valence-electron chi connectivity index (χ0n) is 10.4. The number of carbonyl (C=O) groups excluding carboxylic acids is 1. The number of hydrogen-bond donors (Lipinski definition) is 2. The molecule has 1 aromatic heterocycles. The van der Waals surface area contributed by atoms with Gasteiger partial charge in [0, 0.05) is 24.7 Å². The number of nitrogens with zero attached hydrogens (tertiary/aromatic N) is 1. The van der Waals surface area contributed by atoms with E-state index in [0.29, 0.717) is 13.1 Å². The lowest BCUT2D eigenvalue weighted by atomic mass is 10.1. The maximum Gasteiger partial charge on any atom is 0.315 e. The van der Waals surface area contributed by atoms with Crippen molar-refractivity contribution in [1.82, 2.24) is 15.6 Å². The molecule has 0 saturated carbocycles. The molecule has 0 spiro atoms. The highest BCUT2D eigenvalue weighted by Crippen LogP contribution is 2.12. The summed E-state index contributed by atoms with van der Waals surface area (Å²) in [6.07, 6.45) is 2.72. The third kappa shape index (κ3) is 3.20. The number of urea groups is 1. The average molecular weight is 243 g/mol. The quantitative estimate of drug-likeness (QED) is 0.866. The molecule has 2 N–H and O–H groups in total. The number of fused-ring (bicyclic) bond motifs is 1.